The van der Waals surface area contributed by atoms with E-state index in [4.69, 9.17) is 20.2 Å². The smallest absolute Gasteiger partial charge is 0.235 e. The molecule has 4 nitrogen and oxygen atoms in total. The van der Waals surface area contributed by atoms with Crippen LogP contribution in [0.2, 0.25) is 0 Å². The highest BCUT2D eigenvalue weighted by Gasteiger charge is 2.33. The van der Waals surface area contributed by atoms with Crippen LogP contribution in [0.1, 0.15) is 6.92 Å². The van der Waals surface area contributed by atoms with E-state index in [2.05, 4.69) is 0 Å². The second-order valence-electron chi connectivity index (χ2n) is 3.03. The molecule has 0 aromatic heterocycles. The first-order chi connectivity index (χ1) is 5.41. The van der Waals surface area contributed by atoms with Crippen molar-refractivity contribution in [2.75, 3.05) is 25.6 Å². The molecule has 1 atom stereocenters. The van der Waals surface area contributed by atoms with Crippen molar-refractivity contribution in [3.63, 3.8) is 0 Å². The van der Waals surface area contributed by atoms with Crippen LogP contribution in [0.15, 0.2) is 0 Å². The predicted octanol–water partition coefficient (Wildman–Crippen LogP) is 0.360. The Hall–Kier alpha value is 0.160. The molecular formula is C6H11ClO4S. The fourth-order valence-electron chi connectivity index (χ4n) is 1.12. The Morgan fingerprint density at radius 2 is 2.17 bits per heavy atom. The molecule has 0 aliphatic carbocycles. The largest absolute Gasteiger partial charge is 0.376 e. The second kappa shape index (κ2) is 3.49. The van der Waals surface area contributed by atoms with Crippen molar-refractivity contribution in [1.82, 2.24) is 0 Å². The summed E-state index contributed by atoms with van der Waals surface area (Å²) < 4.78 is 31.8. The van der Waals surface area contributed by atoms with Crippen LogP contribution in [0.5, 0.6) is 0 Å². The predicted molar refractivity (Wildman–Crippen MR) is 44.8 cm³/mol. The molecule has 1 saturated heterocycles. The van der Waals surface area contributed by atoms with Gasteiger partial charge in [-0.25, -0.2) is 8.42 Å². The molecule has 1 heterocycles. The number of hydrogen-bond acceptors (Lipinski definition) is 4. The lowest BCUT2D eigenvalue weighted by Gasteiger charge is -2.32. The molecule has 0 bridgehead atoms. The molecule has 0 aromatic rings. The summed E-state index contributed by atoms with van der Waals surface area (Å²) in [7, 11) is 1.58. The van der Waals surface area contributed by atoms with Gasteiger partial charge in [0.05, 0.1) is 25.6 Å². The molecular weight excluding hydrogens is 204 g/mol. The average Bonchev–Trinajstić information content (AvgIpc) is 1.83. The molecule has 12 heavy (non-hydrogen) atoms. The first kappa shape index (κ1) is 10.2. The van der Waals surface area contributed by atoms with E-state index in [1.807, 2.05) is 0 Å². The lowest BCUT2D eigenvalue weighted by molar-refractivity contribution is -0.135. The minimum Gasteiger partial charge on any atom is -0.376 e. The summed E-state index contributed by atoms with van der Waals surface area (Å²) in [4.78, 5) is 0. The van der Waals surface area contributed by atoms with Crippen LogP contribution in [0, 0.1) is 0 Å². The van der Waals surface area contributed by atoms with Gasteiger partial charge in [0, 0.05) is 10.7 Å². The maximum Gasteiger partial charge on any atom is 0.235 e. The van der Waals surface area contributed by atoms with Gasteiger partial charge in [0.25, 0.3) is 0 Å². The highest BCUT2D eigenvalue weighted by Crippen LogP contribution is 2.19. The SMILES string of the molecule is CC1(CS(=O)(=O)Cl)COCCO1. The molecule has 1 unspecified atom stereocenters. The number of ether oxygens (including phenoxy) is 2. The summed E-state index contributed by atoms with van der Waals surface area (Å²) in [5, 5.41) is 0. The van der Waals surface area contributed by atoms with Gasteiger partial charge in [0.15, 0.2) is 0 Å². The zero-order chi connectivity index (χ0) is 9.24. The quantitative estimate of drug-likeness (QED) is 0.623. The fraction of sp³-hybridized carbons (Fsp3) is 1.00. The highest BCUT2D eigenvalue weighted by molar-refractivity contribution is 8.13. The van der Waals surface area contributed by atoms with Gasteiger partial charge in [-0.1, -0.05) is 0 Å². The maximum absolute atomic E-state index is 10.7. The molecule has 1 aliphatic rings. The van der Waals surface area contributed by atoms with Crippen molar-refractivity contribution in [1.29, 1.82) is 0 Å². The molecule has 0 amide bonds. The Balaban J connectivity index is 2.59. The van der Waals surface area contributed by atoms with E-state index in [1.165, 1.54) is 0 Å². The van der Waals surface area contributed by atoms with Crippen molar-refractivity contribution in [2.24, 2.45) is 0 Å². The van der Waals surface area contributed by atoms with Crippen LogP contribution in [0.3, 0.4) is 0 Å². The van der Waals surface area contributed by atoms with E-state index in [1.54, 1.807) is 6.92 Å². The van der Waals surface area contributed by atoms with Gasteiger partial charge in [-0.05, 0) is 6.92 Å². The van der Waals surface area contributed by atoms with Crippen LogP contribution in [-0.4, -0.2) is 39.6 Å². The molecule has 0 saturated carbocycles. The normalized spacial score (nSPS) is 31.8. The van der Waals surface area contributed by atoms with Crippen LogP contribution < -0.4 is 0 Å². The topological polar surface area (TPSA) is 52.6 Å². The van der Waals surface area contributed by atoms with E-state index < -0.39 is 14.7 Å². The Labute approximate surface area is 76.2 Å². The van der Waals surface area contributed by atoms with Crippen LogP contribution in [0.4, 0.5) is 0 Å². The monoisotopic (exact) mass is 214 g/mol. The molecule has 6 heteroatoms. The second-order valence-corrected chi connectivity index (χ2v) is 5.81. The number of hydrogen-bond donors (Lipinski definition) is 0. The van der Waals surface area contributed by atoms with Gasteiger partial charge in [0.2, 0.25) is 9.05 Å². The summed E-state index contributed by atoms with van der Waals surface area (Å²) in [5.74, 6) is -0.207. The van der Waals surface area contributed by atoms with Gasteiger partial charge in [0.1, 0.15) is 5.60 Å². The summed E-state index contributed by atoms with van der Waals surface area (Å²) in [6.07, 6.45) is 0. The Bertz CT molecular complexity index is 242. The van der Waals surface area contributed by atoms with Crippen LogP contribution in [0.25, 0.3) is 0 Å². The van der Waals surface area contributed by atoms with E-state index in [0.29, 0.717) is 13.2 Å². The lowest BCUT2D eigenvalue weighted by atomic mass is 10.1. The van der Waals surface area contributed by atoms with Crippen molar-refractivity contribution >= 4 is 19.7 Å². The lowest BCUT2D eigenvalue weighted by Crippen LogP contribution is -2.45. The van der Waals surface area contributed by atoms with Crippen molar-refractivity contribution < 1.29 is 17.9 Å². The van der Waals surface area contributed by atoms with Crippen molar-refractivity contribution in [3.8, 4) is 0 Å². The zero-order valence-electron chi connectivity index (χ0n) is 6.75. The van der Waals surface area contributed by atoms with Gasteiger partial charge in [-0.15, -0.1) is 0 Å². The zero-order valence-corrected chi connectivity index (χ0v) is 8.32. The Kier molecular flexibility index (Phi) is 2.98. The first-order valence-electron chi connectivity index (χ1n) is 3.55. The molecule has 1 aliphatic heterocycles. The molecule has 72 valence electrons. The van der Waals surface area contributed by atoms with E-state index in [0.717, 1.165) is 0 Å². The third kappa shape index (κ3) is 3.26. The van der Waals surface area contributed by atoms with Gasteiger partial charge in [-0.3, -0.25) is 0 Å². The summed E-state index contributed by atoms with van der Waals surface area (Å²) >= 11 is 0. The number of halogens is 1. The van der Waals surface area contributed by atoms with Gasteiger partial charge < -0.3 is 9.47 Å². The minimum absolute atomic E-state index is 0.207. The van der Waals surface area contributed by atoms with E-state index in [-0.39, 0.29) is 12.4 Å². The summed E-state index contributed by atoms with van der Waals surface area (Å²) in [5.41, 5.74) is -0.779. The van der Waals surface area contributed by atoms with Crippen LogP contribution >= 0.6 is 10.7 Å². The molecule has 0 N–H and O–H groups in total. The molecule has 1 fully saturated rings. The number of rotatable bonds is 2. The van der Waals surface area contributed by atoms with Gasteiger partial charge >= 0.3 is 0 Å². The molecule has 0 radical (unpaired) electrons. The minimum atomic E-state index is -3.51. The molecule has 0 spiro atoms. The Morgan fingerprint density at radius 3 is 2.58 bits per heavy atom. The summed E-state index contributed by atoms with van der Waals surface area (Å²) in [6.45, 7) is 2.88. The standard InChI is InChI=1S/C6H11ClO4S/c1-6(5-12(7,8)9)4-10-2-3-11-6/h2-5H2,1H3. The third-order valence-electron chi connectivity index (χ3n) is 1.56. The third-order valence-corrected chi connectivity index (χ3v) is 2.85. The summed E-state index contributed by atoms with van der Waals surface area (Å²) in [6, 6.07) is 0. The Morgan fingerprint density at radius 1 is 1.50 bits per heavy atom. The molecule has 1 rings (SSSR count). The van der Waals surface area contributed by atoms with Crippen molar-refractivity contribution in [3.05, 3.63) is 0 Å². The molecule has 0 aromatic carbocycles. The average molecular weight is 215 g/mol. The first-order valence-corrected chi connectivity index (χ1v) is 6.03. The van der Waals surface area contributed by atoms with Gasteiger partial charge in [-0.2, -0.15) is 0 Å². The van der Waals surface area contributed by atoms with E-state index >= 15 is 0 Å². The maximum atomic E-state index is 10.7. The van der Waals surface area contributed by atoms with Crippen LogP contribution in [-0.2, 0) is 18.5 Å². The highest BCUT2D eigenvalue weighted by atomic mass is 35.7. The van der Waals surface area contributed by atoms with E-state index in [9.17, 15) is 8.42 Å². The van der Waals surface area contributed by atoms with Crippen molar-refractivity contribution in [2.45, 2.75) is 12.5 Å². The fourth-order valence-corrected chi connectivity index (χ4v) is 2.71.